The van der Waals surface area contributed by atoms with Gasteiger partial charge in [-0.15, -0.1) is 0 Å². The highest BCUT2D eigenvalue weighted by atomic mass is 15.3. The van der Waals surface area contributed by atoms with E-state index in [9.17, 15) is 0 Å². The summed E-state index contributed by atoms with van der Waals surface area (Å²) in [6.07, 6.45) is 2.14. The second kappa shape index (κ2) is 7.57. The van der Waals surface area contributed by atoms with Crippen molar-refractivity contribution in [2.24, 2.45) is 0 Å². The van der Waals surface area contributed by atoms with E-state index in [1.54, 1.807) is 0 Å². The Hall–Kier alpha value is -1.39. The zero-order chi connectivity index (χ0) is 15.2. The molecule has 1 N–H and O–H groups in total. The number of nitrogens with one attached hydrogen (secondary N) is 1. The van der Waals surface area contributed by atoms with Crippen LogP contribution < -0.4 is 5.32 Å². The molecule has 0 radical (unpaired) electrons. The number of rotatable bonds is 8. The molecule has 116 valence electrons. The van der Waals surface area contributed by atoms with Gasteiger partial charge in [-0.3, -0.25) is 4.68 Å². The smallest absolute Gasteiger partial charge is 0.0718 e. The molecule has 2 rings (SSSR count). The van der Waals surface area contributed by atoms with Crippen molar-refractivity contribution in [1.82, 2.24) is 20.0 Å². The van der Waals surface area contributed by atoms with Gasteiger partial charge < -0.3 is 10.2 Å². The van der Waals surface area contributed by atoms with Gasteiger partial charge >= 0.3 is 0 Å². The highest BCUT2D eigenvalue weighted by molar-refractivity contribution is 5.82. The molecule has 1 heterocycles. The van der Waals surface area contributed by atoms with Crippen LogP contribution in [-0.4, -0.2) is 47.9 Å². The fourth-order valence-electron chi connectivity index (χ4n) is 2.80. The first-order valence-corrected chi connectivity index (χ1v) is 7.98. The Bertz CT molecular complexity index is 559. The Morgan fingerprint density at radius 1 is 1.24 bits per heavy atom. The molecule has 0 bridgehead atoms. The number of aromatic nitrogens is 2. The molecule has 4 heteroatoms. The van der Waals surface area contributed by atoms with E-state index in [1.807, 2.05) is 0 Å². The van der Waals surface area contributed by atoms with Crippen LogP contribution in [0.2, 0.25) is 0 Å². The third-order valence-corrected chi connectivity index (χ3v) is 3.89. The molecule has 1 atom stereocenters. The monoisotopic (exact) mass is 288 g/mol. The molecule has 0 aliphatic carbocycles. The number of likely N-dealkylation sites (N-methyl/N-ethyl adjacent to an activating group) is 1. The molecule has 2 aromatic rings. The number of aryl methyl sites for hydroxylation is 1. The highest BCUT2D eigenvalue weighted by Crippen LogP contribution is 2.20. The third kappa shape index (κ3) is 4.05. The van der Waals surface area contributed by atoms with Crippen molar-refractivity contribution in [3.8, 4) is 0 Å². The summed E-state index contributed by atoms with van der Waals surface area (Å²) in [6, 6.07) is 9.04. The van der Waals surface area contributed by atoms with Gasteiger partial charge in [-0.1, -0.05) is 25.1 Å². The number of fused-ring (bicyclic) bond motifs is 1. The zero-order valence-corrected chi connectivity index (χ0v) is 13.8. The second-order valence-corrected chi connectivity index (χ2v) is 5.83. The first-order valence-electron chi connectivity index (χ1n) is 7.98. The van der Waals surface area contributed by atoms with Crippen LogP contribution in [0.4, 0.5) is 0 Å². The van der Waals surface area contributed by atoms with Crippen molar-refractivity contribution < 1.29 is 0 Å². The summed E-state index contributed by atoms with van der Waals surface area (Å²) in [6.45, 7) is 7.35. The largest absolute Gasteiger partial charge is 0.314 e. The fraction of sp³-hybridized carbons (Fsp3) is 0.588. The van der Waals surface area contributed by atoms with Gasteiger partial charge in [0.25, 0.3) is 0 Å². The van der Waals surface area contributed by atoms with Gasteiger partial charge in [0, 0.05) is 24.4 Å². The lowest BCUT2D eigenvalue weighted by Gasteiger charge is -2.19. The van der Waals surface area contributed by atoms with Gasteiger partial charge in [-0.05, 0) is 46.6 Å². The summed E-state index contributed by atoms with van der Waals surface area (Å²) < 4.78 is 2.11. The zero-order valence-electron chi connectivity index (χ0n) is 13.8. The SMILES string of the molecule is CCNC(CCN(C)C)Cc1nn(CC)c2ccccc12. The molecule has 0 aliphatic heterocycles. The van der Waals surface area contributed by atoms with Crippen LogP contribution in [-0.2, 0) is 13.0 Å². The van der Waals surface area contributed by atoms with Crippen molar-refractivity contribution in [3.63, 3.8) is 0 Å². The van der Waals surface area contributed by atoms with E-state index in [2.05, 4.69) is 67.1 Å². The predicted octanol–water partition coefficient (Wildman–Crippen LogP) is 2.53. The standard InChI is InChI=1S/C17H28N4/c1-5-18-14(11-12-20(3)4)13-16-15-9-7-8-10-17(15)21(6-2)19-16/h7-10,14,18H,5-6,11-13H2,1-4H3. The maximum Gasteiger partial charge on any atom is 0.0718 e. The van der Waals surface area contributed by atoms with E-state index >= 15 is 0 Å². The van der Waals surface area contributed by atoms with Crippen LogP contribution in [0, 0.1) is 0 Å². The van der Waals surface area contributed by atoms with Gasteiger partial charge in [0.2, 0.25) is 0 Å². The third-order valence-electron chi connectivity index (χ3n) is 3.89. The van der Waals surface area contributed by atoms with Gasteiger partial charge in [-0.2, -0.15) is 5.10 Å². The molecule has 21 heavy (non-hydrogen) atoms. The Balaban J connectivity index is 2.19. The Morgan fingerprint density at radius 3 is 2.67 bits per heavy atom. The predicted molar refractivity (Wildman–Crippen MR) is 89.7 cm³/mol. The molecule has 4 nitrogen and oxygen atoms in total. The lowest BCUT2D eigenvalue weighted by Crippen LogP contribution is -2.34. The molecule has 1 aromatic carbocycles. The average Bonchev–Trinajstić information content (AvgIpc) is 2.83. The number of para-hydroxylation sites is 1. The quantitative estimate of drug-likeness (QED) is 0.810. The number of benzene rings is 1. The highest BCUT2D eigenvalue weighted by Gasteiger charge is 2.15. The molecular weight excluding hydrogens is 260 g/mol. The number of hydrogen-bond donors (Lipinski definition) is 1. The maximum absolute atomic E-state index is 4.82. The first kappa shape index (κ1) is 16.0. The molecular formula is C17H28N4. The van der Waals surface area contributed by atoms with E-state index in [4.69, 9.17) is 5.10 Å². The molecule has 0 saturated carbocycles. The summed E-state index contributed by atoms with van der Waals surface area (Å²) >= 11 is 0. The summed E-state index contributed by atoms with van der Waals surface area (Å²) in [5, 5.41) is 9.72. The van der Waals surface area contributed by atoms with E-state index in [0.29, 0.717) is 6.04 Å². The molecule has 0 fully saturated rings. The number of nitrogens with zero attached hydrogens (tertiary/aromatic N) is 3. The molecule has 1 unspecified atom stereocenters. The van der Waals surface area contributed by atoms with Crippen molar-refractivity contribution in [2.45, 2.75) is 39.3 Å². The van der Waals surface area contributed by atoms with Gasteiger partial charge in [0.1, 0.15) is 0 Å². The molecule has 1 aromatic heterocycles. The normalized spacial score (nSPS) is 13.2. The minimum atomic E-state index is 0.487. The van der Waals surface area contributed by atoms with Crippen LogP contribution in [0.15, 0.2) is 24.3 Å². The Kier molecular flexibility index (Phi) is 5.76. The van der Waals surface area contributed by atoms with Crippen LogP contribution in [0.1, 0.15) is 26.0 Å². The van der Waals surface area contributed by atoms with Crippen molar-refractivity contribution in [1.29, 1.82) is 0 Å². The van der Waals surface area contributed by atoms with Crippen molar-refractivity contribution in [3.05, 3.63) is 30.0 Å². The minimum absolute atomic E-state index is 0.487. The van der Waals surface area contributed by atoms with Gasteiger partial charge in [0.05, 0.1) is 11.2 Å². The van der Waals surface area contributed by atoms with Crippen LogP contribution in [0.5, 0.6) is 0 Å². The summed E-state index contributed by atoms with van der Waals surface area (Å²) in [5.74, 6) is 0. The molecule has 0 spiro atoms. The lowest BCUT2D eigenvalue weighted by atomic mass is 10.0. The summed E-state index contributed by atoms with van der Waals surface area (Å²) in [4.78, 5) is 2.24. The lowest BCUT2D eigenvalue weighted by molar-refractivity contribution is 0.357. The van der Waals surface area contributed by atoms with Crippen LogP contribution in [0.3, 0.4) is 0 Å². The van der Waals surface area contributed by atoms with Crippen molar-refractivity contribution >= 4 is 10.9 Å². The van der Waals surface area contributed by atoms with E-state index in [-0.39, 0.29) is 0 Å². The molecule has 0 amide bonds. The van der Waals surface area contributed by atoms with Crippen LogP contribution in [0.25, 0.3) is 10.9 Å². The first-order chi connectivity index (χ1) is 10.2. The Morgan fingerprint density at radius 2 is 2.00 bits per heavy atom. The summed E-state index contributed by atoms with van der Waals surface area (Å²) in [7, 11) is 4.26. The number of hydrogen-bond acceptors (Lipinski definition) is 3. The Labute approximate surface area is 128 Å². The topological polar surface area (TPSA) is 33.1 Å². The van der Waals surface area contributed by atoms with Crippen molar-refractivity contribution in [2.75, 3.05) is 27.2 Å². The van der Waals surface area contributed by atoms with Gasteiger partial charge in [0.15, 0.2) is 0 Å². The van der Waals surface area contributed by atoms with E-state index in [0.717, 1.165) is 32.5 Å². The van der Waals surface area contributed by atoms with E-state index < -0.39 is 0 Å². The van der Waals surface area contributed by atoms with Crippen LogP contribution >= 0.6 is 0 Å². The second-order valence-electron chi connectivity index (χ2n) is 5.83. The van der Waals surface area contributed by atoms with E-state index in [1.165, 1.54) is 16.6 Å². The fourth-order valence-corrected chi connectivity index (χ4v) is 2.80. The molecule has 0 saturated heterocycles. The molecule has 0 aliphatic rings. The van der Waals surface area contributed by atoms with Gasteiger partial charge in [-0.25, -0.2) is 0 Å². The summed E-state index contributed by atoms with van der Waals surface area (Å²) in [5.41, 5.74) is 2.47. The maximum atomic E-state index is 4.82. The minimum Gasteiger partial charge on any atom is -0.314 e. The average molecular weight is 288 g/mol.